The molecule has 0 N–H and O–H groups in total. The fourth-order valence-corrected chi connectivity index (χ4v) is 4.29. The lowest BCUT2D eigenvalue weighted by molar-refractivity contribution is -0.145. The maximum Gasteiger partial charge on any atom is 0.253 e. The van der Waals surface area contributed by atoms with Crippen molar-refractivity contribution in [3.63, 3.8) is 0 Å². The van der Waals surface area contributed by atoms with Crippen molar-refractivity contribution < 1.29 is 9.53 Å². The molecule has 1 amide bonds. The molecular weight excluding hydrogens is 350 g/mol. The van der Waals surface area contributed by atoms with Gasteiger partial charge < -0.3 is 19.4 Å². The lowest BCUT2D eigenvalue weighted by Crippen LogP contribution is -2.52. The normalized spacial score (nSPS) is 20.0. The largest absolute Gasteiger partial charge is 0.365 e. The van der Waals surface area contributed by atoms with Gasteiger partial charge >= 0.3 is 0 Å². The Hall–Kier alpha value is -2.19. The Morgan fingerprint density at radius 1 is 1.35 bits per heavy atom. The molecule has 4 rings (SSSR count). The molecule has 2 aromatic heterocycles. The van der Waals surface area contributed by atoms with E-state index in [9.17, 15) is 4.79 Å². The molecule has 2 aliphatic rings. The number of aromatic nitrogens is 2. The van der Waals surface area contributed by atoms with Crippen molar-refractivity contribution in [1.82, 2.24) is 14.9 Å². The smallest absolute Gasteiger partial charge is 0.253 e. The Morgan fingerprint density at radius 2 is 2.23 bits per heavy atom. The van der Waals surface area contributed by atoms with Crippen LogP contribution in [0.5, 0.6) is 0 Å². The van der Waals surface area contributed by atoms with E-state index >= 15 is 0 Å². The number of carbonyl (C=O) groups excluding carboxylic acids is 1. The molecule has 8 heteroatoms. The van der Waals surface area contributed by atoms with E-state index in [0.717, 1.165) is 31.1 Å². The van der Waals surface area contributed by atoms with Gasteiger partial charge in [-0.2, -0.15) is 0 Å². The van der Waals surface area contributed by atoms with Crippen LogP contribution in [0.25, 0.3) is 0 Å². The van der Waals surface area contributed by atoms with Gasteiger partial charge in [-0.05, 0) is 23.4 Å². The number of thiophene rings is 1. The molecule has 7 nitrogen and oxygen atoms in total. The summed E-state index contributed by atoms with van der Waals surface area (Å²) < 4.78 is 5.81. The van der Waals surface area contributed by atoms with Crippen molar-refractivity contribution in [2.24, 2.45) is 0 Å². The third kappa shape index (κ3) is 3.39. The van der Waals surface area contributed by atoms with Crippen molar-refractivity contribution in [3.8, 4) is 0 Å². The Kier molecular flexibility index (Phi) is 4.78. The summed E-state index contributed by atoms with van der Waals surface area (Å²) in [4.78, 5) is 29.0. The van der Waals surface area contributed by atoms with Crippen LogP contribution in [0, 0.1) is 0 Å². The summed E-state index contributed by atoms with van der Waals surface area (Å²) in [6.45, 7) is 3.23. The number of rotatable bonds is 3. The van der Waals surface area contributed by atoms with Crippen LogP contribution in [0.4, 0.5) is 11.6 Å². The average molecular weight is 373 g/mol. The van der Waals surface area contributed by atoms with Crippen LogP contribution >= 0.6 is 11.3 Å². The van der Waals surface area contributed by atoms with Gasteiger partial charge in [0.1, 0.15) is 18.0 Å². The van der Waals surface area contributed by atoms with E-state index in [0.29, 0.717) is 19.7 Å². The first-order valence-electron chi connectivity index (χ1n) is 8.82. The highest BCUT2D eigenvalue weighted by Gasteiger charge is 2.32. The van der Waals surface area contributed by atoms with Crippen molar-refractivity contribution in [1.29, 1.82) is 0 Å². The van der Waals surface area contributed by atoms with Crippen LogP contribution in [0.2, 0.25) is 0 Å². The van der Waals surface area contributed by atoms with Crippen LogP contribution in [0.3, 0.4) is 0 Å². The zero-order chi connectivity index (χ0) is 18.1. The van der Waals surface area contributed by atoms with Crippen molar-refractivity contribution >= 4 is 28.9 Å². The maximum absolute atomic E-state index is 13.0. The van der Waals surface area contributed by atoms with Gasteiger partial charge in [0.05, 0.1) is 13.2 Å². The molecule has 1 atom stereocenters. The van der Waals surface area contributed by atoms with Gasteiger partial charge in [-0.25, -0.2) is 9.97 Å². The molecule has 26 heavy (non-hydrogen) atoms. The molecule has 1 unspecified atom stereocenters. The van der Waals surface area contributed by atoms with Gasteiger partial charge in [0.25, 0.3) is 5.91 Å². The minimum Gasteiger partial charge on any atom is -0.365 e. The molecular formula is C18H23N5O2S. The zero-order valence-corrected chi connectivity index (χ0v) is 15.9. The highest BCUT2D eigenvalue weighted by Crippen LogP contribution is 2.25. The first kappa shape index (κ1) is 17.2. The number of hydrogen-bond acceptors (Lipinski definition) is 7. The monoisotopic (exact) mass is 373 g/mol. The predicted octanol–water partition coefficient (Wildman–Crippen LogP) is 1.39. The summed E-state index contributed by atoms with van der Waals surface area (Å²) in [5.41, 5.74) is 1.27. The SMILES string of the molecule is CN(C)c1cc(N2CCOC(C(=O)N3CCc4sccc4C3)C2)ncn1. The van der Waals surface area contributed by atoms with E-state index in [2.05, 4.69) is 26.3 Å². The third-order valence-electron chi connectivity index (χ3n) is 4.88. The lowest BCUT2D eigenvalue weighted by Gasteiger charge is -2.36. The van der Waals surface area contributed by atoms with Gasteiger partial charge in [-0.15, -0.1) is 11.3 Å². The average Bonchev–Trinajstić information content (AvgIpc) is 3.15. The fourth-order valence-electron chi connectivity index (χ4n) is 3.40. The number of hydrogen-bond donors (Lipinski definition) is 0. The maximum atomic E-state index is 13.0. The summed E-state index contributed by atoms with van der Waals surface area (Å²) in [5, 5.41) is 2.11. The van der Waals surface area contributed by atoms with Gasteiger partial charge in [-0.1, -0.05) is 0 Å². The number of carbonyl (C=O) groups is 1. The third-order valence-corrected chi connectivity index (χ3v) is 5.90. The number of nitrogens with zero attached hydrogens (tertiary/aromatic N) is 5. The number of fused-ring (bicyclic) bond motifs is 1. The van der Waals surface area contributed by atoms with Crippen LogP contribution < -0.4 is 9.80 Å². The highest BCUT2D eigenvalue weighted by molar-refractivity contribution is 7.10. The minimum absolute atomic E-state index is 0.0773. The first-order valence-corrected chi connectivity index (χ1v) is 9.70. The molecule has 0 aliphatic carbocycles. The molecule has 0 spiro atoms. The summed E-state index contributed by atoms with van der Waals surface area (Å²) in [7, 11) is 3.90. The van der Waals surface area contributed by atoms with E-state index in [4.69, 9.17) is 4.74 Å². The molecule has 0 aromatic carbocycles. The summed E-state index contributed by atoms with van der Waals surface area (Å²) >= 11 is 1.78. The van der Waals surface area contributed by atoms with E-state index in [-0.39, 0.29) is 5.91 Å². The van der Waals surface area contributed by atoms with Crippen LogP contribution in [0.15, 0.2) is 23.8 Å². The van der Waals surface area contributed by atoms with Gasteiger partial charge in [-0.3, -0.25) is 4.79 Å². The van der Waals surface area contributed by atoms with Crippen LogP contribution in [-0.2, 0) is 22.5 Å². The second-order valence-electron chi connectivity index (χ2n) is 6.81. The lowest BCUT2D eigenvalue weighted by atomic mass is 10.1. The molecule has 2 aromatic rings. The second kappa shape index (κ2) is 7.20. The topological polar surface area (TPSA) is 61.8 Å². The van der Waals surface area contributed by atoms with Gasteiger partial charge in [0.2, 0.25) is 0 Å². The quantitative estimate of drug-likeness (QED) is 0.810. The second-order valence-corrected chi connectivity index (χ2v) is 7.81. The van der Waals surface area contributed by atoms with E-state index in [1.54, 1.807) is 17.7 Å². The first-order chi connectivity index (χ1) is 12.6. The molecule has 2 aliphatic heterocycles. The number of ether oxygens (including phenoxy) is 1. The molecule has 4 heterocycles. The van der Waals surface area contributed by atoms with E-state index < -0.39 is 6.10 Å². The zero-order valence-electron chi connectivity index (χ0n) is 15.1. The minimum atomic E-state index is -0.443. The van der Waals surface area contributed by atoms with Crippen molar-refractivity contribution in [2.75, 3.05) is 50.1 Å². The van der Waals surface area contributed by atoms with Crippen LogP contribution in [-0.4, -0.2) is 67.2 Å². The van der Waals surface area contributed by atoms with Gasteiger partial charge in [0.15, 0.2) is 6.10 Å². The number of amides is 1. The van der Waals surface area contributed by atoms with Gasteiger partial charge in [0, 0.05) is 44.7 Å². The molecule has 0 bridgehead atoms. The fraction of sp³-hybridized carbons (Fsp3) is 0.500. The van der Waals surface area contributed by atoms with Crippen molar-refractivity contribution in [3.05, 3.63) is 34.3 Å². The number of anilines is 2. The highest BCUT2D eigenvalue weighted by atomic mass is 32.1. The summed E-state index contributed by atoms with van der Waals surface area (Å²) in [6.07, 6.45) is 2.06. The Labute approximate surface area is 157 Å². The molecule has 0 saturated carbocycles. The predicted molar refractivity (Wildman–Crippen MR) is 102 cm³/mol. The summed E-state index contributed by atoms with van der Waals surface area (Å²) in [6, 6.07) is 4.07. The van der Waals surface area contributed by atoms with Crippen molar-refractivity contribution in [2.45, 2.75) is 19.1 Å². The molecule has 1 fully saturated rings. The Bertz CT molecular complexity index is 793. The summed E-state index contributed by atoms with van der Waals surface area (Å²) in [5.74, 6) is 1.77. The standard InChI is InChI=1S/C18H23N5O2S/c1-21(2)16-9-17(20-12-19-16)22-6-7-25-14(11-22)18(24)23-5-3-15-13(10-23)4-8-26-15/h4,8-9,12,14H,3,5-7,10-11H2,1-2H3. The van der Waals surface area contributed by atoms with E-state index in [1.165, 1.54) is 10.4 Å². The van der Waals surface area contributed by atoms with Crippen LogP contribution in [0.1, 0.15) is 10.4 Å². The molecule has 138 valence electrons. The molecule has 1 saturated heterocycles. The molecule has 0 radical (unpaired) electrons. The Balaban J connectivity index is 1.45. The number of morpholine rings is 1. The van der Waals surface area contributed by atoms with E-state index in [1.807, 2.05) is 30.0 Å². The Morgan fingerprint density at radius 3 is 3.08 bits per heavy atom.